The Morgan fingerprint density at radius 1 is 1.00 bits per heavy atom. The Balaban J connectivity index is 2.12. The van der Waals surface area contributed by atoms with E-state index in [-0.39, 0.29) is 0 Å². The summed E-state index contributed by atoms with van der Waals surface area (Å²) < 4.78 is 26.8. The Hall–Kier alpha value is -2.16. The molecule has 19 heavy (non-hydrogen) atoms. The molecular formula is C16H13F2N. The largest absolute Gasteiger partial charge is 0.352 e. The molecule has 0 aliphatic rings. The number of benzene rings is 2. The molecule has 0 spiro atoms. The van der Waals surface area contributed by atoms with Crippen molar-refractivity contribution in [3.8, 4) is 11.3 Å². The highest BCUT2D eigenvalue weighted by molar-refractivity contribution is 5.86. The summed E-state index contributed by atoms with van der Waals surface area (Å²) in [6, 6.07) is 12.0. The van der Waals surface area contributed by atoms with E-state index >= 15 is 0 Å². The zero-order valence-electron chi connectivity index (χ0n) is 10.5. The van der Waals surface area contributed by atoms with E-state index < -0.39 is 11.6 Å². The summed E-state index contributed by atoms with van der Waals surface area (Å²) in [5, 5.41) is 0.548. The van der Waals surface area contributed by atoms with Crippen LogP contribution in [0, 0.1) is 11.6 Å². The predicted molar refractivity (Wildman–Crippen MR) is 73.0 cm³/mol. The highest BCUT2D eigenvalue weighted by Crippen LogP contribution is 2.26. The number of rotatable bonds is 2. The molecule has 0 saturated heterocycles. The van der Waals surface area contributed by atoms with E-state index in [0.29, 0.717) is 10.9 Å². The minimum Gasteiger partial charge on any atom is -0.352 e. The Labute approximate surface area is 109 Å². The van der Waals surface area contributed by atoms with Crippen LogP contribution in [0.15, 0.2) is 42.5 Å². The Kier molecular flexibility index (Phi) is 2.82. The van der Waals surface area contributed by atoms with Crippen LogP contribution < -0.4 is 0 Å². The second-order valence-corrected chi connectivity index (χ2v) is 4.59. The fraction of sp³-hybridized carbons (Fsp3) is 0.125. The fourth-order valence-corrected chi connectivity index (χ4v) is 2.24. The molecular weight excluding hydrogens is 244 g/mol. The van der Waals surface area contributed by atoms with Gasteiger partial charge in [-0.3, -0.25) is 0 Å². The summed E-state index contributed by atoms with van der Waals surface area (Å²) in [7, 11) is 0. The molecule has 96 valence electrons. The van der Waals surface area contributed by atoms with Crippen molar-refractivity contribution in [3.63, 3.8) is 0 Å². The average Bonchev–Trinajstić information content (AvgIpc) is 2.83. The monoisotopic (exact) mass is 257 g/mol. The van der Waals surface area contributed by atoms with Crippen LogP contribution in [0.3, 0.4) is 0 Å². The molecule has 0 fully saturated rings. The van der Waals surface area contributed by atoms with Crippen LogP contribution in [0.25, 0.3) is 22.2 Å². The van der Waals surface area contributed by atoms with Crippen molar-refractivity contribution in [2.45, 2.75) is 13.3 Å². The summed E-state index contributed by atoms with van der Waals surface area (Å²) in [6.45, 7) is 2.09. The van der Waals surface area contributed by atoms with Gasteiger partial charge in [-0.15, -0.1) is 0 Å². The minimum atomic E-state index is -0.563. The molecule has 3 aromatic rings. The van der Waals surface area contributed by atoms with Gasteiger partial charge >= 0.3 is 0 Å². The maximum absolute atomic E-state index is 13.6. The van der Waals surface area contributed by atoms with Crippen LogP contribution >= 0.6 is 0 Å². The van der Waals surface area contributed by atoms with Crippen molar-refractivity contribution in [3.05, 3.63) is 59.7 Å². The fourth-order valence-electron chi connectivity index (χ4n) is 2.24. The van der Waals surface area contributed by atoms with Gasteiger partial charge in [0, 0.05) is 17.1 Å². The SMILES string of the molecule is CCc1ccc(-c2cc3cc(F)cc(F)c3[nH]2)cc1. The lowest BCUT2D eigenvalue weighted by Crippen LogP contribution is -1.82. The van der Waals surface area contributed by atoms with Gasteiger partial charge < -0.3 is 4.98 Å². The lowest BCUT2D eigenvalue weighted by molar-refractivity contribution is 0.591. The minimum absolute atomic E-state index is 0.343. The summed E-state index contributed by atoms with van der Waals surface area (Å²) in [4.78, 5) is 3.00. The molecule has 3 rings (SSSR count). The smallest absolute Gasteiger partial charge is 0.150 e. The maximum atomic E-state index is 13.6. The molecule has 0 saturated carbocycles. The van der Waals surface area contributed by atoms with Crippen molar-refractivity contribution < 1.29 is 8.78 Å². The molecule has 1 heterocycles. The molecule has 1 nitrogen and oxygen atoms in total. The first-order chi connectivity index (χ1) is 9.17. The van der Waals surface area contributed by atoms with E-state index in [1.165, 1.54) is 11.6 Å². The van der Waals surface area contributed by atoms with Crippen LogP contribution in [-0.2, 0) is 6.42 Å². The van der Waals surface area contributed by atoms with Crippen LogP contribution in [0.4, 0.5) is 8.78 Å². The van der Waals surface area contributed by atoms with Crippen molar-refractivity contribution in [1.29, 1.82) is 0 Å². The average molecular weight is 257 g/mol. The topological polar surface area (TPSA) is 15.8 Å². The molecule has 1 N–H and O–H groups in total. The van der Waals surface area contributed by atoms with Gasteiger partial charge in [-0.2, -0.15) is 0 Å². The van der Waals surface area contributed by atoms with E-state index in [4.69, 9.17) is 0 Å². The number of aromatic nitrogens is 1. The molecule has 0 amide bonds. The zero-order valence-corrected chi connectivity index (χ0v) is 10.5. The van der Waals surface area contributed by atoms with Gasteiger partial charge in [-0.1, -0.05) is 31.2 Å². The summed E-state index contributed by atoms with van der Waals surface area (Å²) >= 11 is 0. The summed E-state index contributed by atoms with van der Waals surface area (Å²) in [5.41, 5.74) is 3.35. The third-order valence-electron chi connectivity index (χ3n) is 3.32. The van der Waals surface area contributed by atoms with Crippen LogP contribution in [-0.4, -0.2) is 4.98 Å². The highest BCUT2D eigenvalue weighted by atomic mass is 19.1. The van der Waals surface area contributed by atoms with E-state index in [1.807, 2.05) is 24.3 Å². The first-order valence-corrected chi connectivity index (χ1v) is 6.24. The molecule has 2 aromatic carbocycles. The van der Waals surface area contributed by atoms with Crippen molar-refractivity contribution in [2.24, 2.45) is 0 Å². The van der Waals surface area contributed by atoms with Crippen LogP contribution in [0.5, 0.6) is 0 Å². The number of nitrogens with one attached hydrogen (secondary N) is 1. The Morgan fingerprint density at radius 2 is 1.74 bits per heavy atom. The van der Waals surface area contributed by atoms with Gasteiger partial charge in [-0.05, 0) is 29.7 Å². The van der Waals surface area contributed by atoms with Crippen molar-refractivity contribution in [1.82, 2.24) is 4.98 Å². The number of hydrogen-bond donors (Lipinski definition) is 1. The normalized spacial score (nSPS) is 11.1. The summed E-state index contributed by atoms with van der Waals surface area (Å²) in [6.07, 6.45) is 0.979. The van der Waals surface area contributed by atoms with Gasteiger partial charge in [0.1, 0.15) is 11.6 Å². The van der Waals surface area contributed by atoms with Gasteiger partial charge in [0.25, 0.3) is 0 Å². The first kappa shape index (κ1) is 11.9. The maximum Gasteiger partial charge on any atom is 0.150 e. The molecule has 1 aromatic heterocycles. The van der Waals surface area contributed by atoms with Gasteiger partial charge in [-0.25, -0.2) is 8.78 Å². The number of halogens is 2. The van der Waals surface area contributed by atoms with Crippen LogP contribution in [0.1, 0.15) is 12.5 Å². The molecule has 0 atom stereocenters. The Bertz CT molecular complexity index is 726. The number of hydrogen-bond acceptors (Lipinski definition) is 0. The second kappa shape index (κ2) is 4.50. The van der Waals surface area contributed by atoms with E-state index in [0.717, 1.165) is 23.7 Å². The third-order valence-corrected chi connectivity index (χ3v) is 3.32. The number of fused-ring (bicyclic) bond motifs is 1. The Morgan fingerprint density at radius 3 is 2.42 bits per heavy atom. The third kappa shape index (κ3) is 2.12. The number of aromatic amines is 1. The van der Waals surface area contributed by atoms with E-state index in [2.05, 4.69) is 11.9 Å². The predicted octanol–water partition coefficient (Wildman–Crippen LogP) is 4.68. The van der Waals surface area contributed by atoms with Crippen molar-refractivity contribution >= 4 is 10.9 Å². The quantitative estimate of drug-likeness (QED) is 0.686. The first-order valence-electron chi connectivity index (χ1n) is 6.24. The summed E-state index contributed by atoms with van der Waals surface area (Å²) in [5.74, 6) is -1.12. The lowest BCUT2D eigenvalue weighted by atomic mass is 10.1. The number of aryl methyl sites for hydroxylation is 1. The molecule has 0 unspecified atom stereocenters. The lowest BCUT2D eigenvalue weighted by Gasteiger charge is -2.00. The van der Waals surface area contributed by atoms with Crippen LogP contribution in [0.2, 0.25) is 0 Å². The van der Waals surface area contributed by atoms with Gasteiger partial charge in [0.15, 0.2) is 0 Å². The molecule has 0 radical (unpaired) electrons. The van der Waals surface area contributed by atoms with E-state index in [1.54, 1.807) is 6.07 Å². The molecule has 0 aliphatic heterocycles. The zero-order chi connectivity index (χ0) is 13.4. The van der Waals surface area contributed by atoms with E-state index in [9.17, 15) is 8.78 Å². The van der Waals surface area contributed by atoms with Gasteiger partial charge in [0.2, 0.25) is 0 Å². The number of H-pyrrole nitrogens is 1. The standard InChI is InChI=1S/C16H13F2N/c1-2-10-3-5-11(6-4-10)15-8-12-7-13(17)9-14(18)16(12)19-15/h3-9,19H,2H2,1H3. The van der Waals surface area contributed by atoms with Crippen molar-refractivity contribution in [2.75, 3.05) is 0 Å². The molecule has 3 heteroatoms. The van der Waals surface area contributed by atoms with Gasteiger partial charge in [0.05, 0.1) is 5.52 Å². The highest BCUT2D eigenvalue weighted by Gasteiger charge is 2.09. The molecule has 0 aliphatic carbocycles. The molecule has 0 bridgehead atoms. The second-order valence-electron chi connectivity index (χ2n) is 4.59.